The molecule has 2 rings (SSSR count). The number of piperidine rings is 1. The van der Waals surface area contributed by atoms with Gasteiger partial charge < -0.3 is 14.7 Å². The molecule has 120 valence electrons. The van der Waals surface area contributed by atoms with Gasteiger partial charge in [-0.1, -0.05) is 18.7 Å². The van der Waals surface area contributed by atoms with Crippen LogP contribution in [0, 0.1) is 0 Å². The first-order valence-electron chi connectivity index (χ1n) is 6.73. The van der Waals surface area contributed by atoms with Gasteiger partial charge in [0.25, 0.3) is 0 Å². The van der Waals surface area contributed by atoms with Gasteiger partial charge in [-0.15, -0.1) is 13.2 Å². The SMILES string of the molecule is C=CC(=O)N1CCC(O)(c2cccc(OC(F)(F)F)c2)CC1. The summed E-state index contributed by atoms with van der Waals surface area (Å²) in [6.45, 7) is 4.02. The highest BCUT2D eigenvalue weighted by molar-refractivity contribution is 5.87. The van der Waals surface area contributed by atoms with Crippen LogP contribution in [-0.4, -0.2) is 35.4 Å². The molecule has 0 spiro atoms. The van der Waals surface area contributed by atoms with E-state index in [0.29, 0.717) is 18.7 Å². The van der Waals surface area contributed by atoms with Gasteiger partial charge >= 0.3 is 6.36 Å². The third-order valence-electron chi connectivity index (χ3n) is 3.68. The van der Waals surface area contributed by atoms with Crippen molar-refractivity contribution in [1.82, 2.24) is 4.90 Å². The number of carbonyl (C=O) groups excluding carboxylic acids is 1. The minimum atomic E-state index is -4.78. The molecule has 1 heterocycles. The van der Waals surface area contributed by atoms with Crippen LogP contribution in [0.1, 0.15) is 18.4 Å². The van der Waals surface area contributed by atoms with Gasteiger partial charge in [-0.3, -0.25) is 4.79 Å². The summed E-state index contributed by atoms with van der Waals surface area (Å²) in [5, 5.41) is 10.6. The van der Waals surface area contributed by atoms with E-state index < -0.39 is 12.0 Å². The summed E-state index contributed by atoms with van der Waals surface area (Å²) in [6.07, 6.45) is -3.10. The van der Waals surface area contributed by atoms with Crippen molar-refractivity contribution in [3.05, 3.63) is 42.5 Å². The van der Waals surface area contributed by atoms with Crippen LogP contribution in [0.15, 0.2) is 36.9 Å². The zero-order valence-corrected chi connectivity index (χ0v) is 11.8. The van der Waals surface area contributed by atoms with E-state index in [1.54, 1.807) is 6.07 Å². The van der Waals surface area contributed by atoms with E-state index in [4.69, 9.17) is 0 Å². The van der Waals surface area contributed by atoms with Gasteiger partial charge in [0, 0.05) is 13.1 Å². The summed E-state index contributed by atoms with van der Waals surface area (Å²) in [6, 6.07) is 5.30. The number of hydrogen-bond acceptors (Lipinski definition) is 3. The molecule has 1 aromatic carbocycles. The molecule has 1 amide bonds. The Morgan fingerprint density at radius 1 is 1.36 bits per heavy atom. The molecule has 1 aliphatic heterocycles. The molecular weight excluding hydrogens is 299 g/mol. The van der Waals surface area contributed by atoms with Gasteiger partial charge in [0.05, 0.1) is 5.60 Å². The van der Waals surface area contributed by atoms with Gasteiger partial charge in [0.15, 0.2) is 0 Å². The Morgan fingerprint density at radius 3 is 2.55 bits per heavy atom. The minimum absolute atomic E-state index is 0.226. The molecule has 0 atom stereocenters. The quantitative estimate of drug-likeness (QED) is 0.872. The number of carbonyl (C=O) groups is 1. The first-order chi connectivity index (χ1) is 10.2. The van der Waals surface area contributed by atoms with Crippen molar-refractivity contribution < 1.29 is 27.8 Å². The van der Waals surface area contributed by atoms with E-state index in [1.165, 1.54) is 29.2 Å². The largest absolute Gasteiger partial charge is 0.573 e. The number of amides is 1. The number of hydrogen-bond donors (Lipinski definition) is 1. The molecule has 7 heteroatoms. The molecule has 0 bridgehead atoms. The second-order valence-electron chi connectivity index (χ2n) is 5.14. The lowest BCUT2D eigenvalue weighted by Crippen LogP contribution is -2.44. The molecule has 22 heavy (non-hydrogen) atoms. The molecule has 0 aromatic heterocycles. The van der Waals surface area contributed by atoms with E-state index in [9.17, 15) is 23.1 Å². The second-order valence-corrected chi connectivity index (χ2v) is 5.14. The summed E-state index contributed by atoms with van der Waals surface area (Å²) < 4.78 is 40.6. The third kappa shape index (κ3) is 3.79. The van der Waals surface area contributed by atoms with Crippen molar-refractivity contribution in [2.24, 2.45) is 0 Å². The molecule has 0 saturated carbocycles. The summed E-state index contributed by atoms with van der Waals surface area (Å²) in [5.41, 5.74) is -0.928. The molecular formula is C15H16F3NO3. The van der Waals surface area contributed by atoms with Crippen LogP contribution in [0.25, 0.3) is 0 Å². The molecule has 1 aliphatic rings. The van der Waals surface area contributed by atoms with Gasteiger partial charge in [0.1, 0.15) is 5.75 Å². The predicted molar refractivity (Wildman–Crippen MR) is 73.0 cm³/mol. The van der Waals surface area contributed by atoms with E-state index in [2.05, 4.69) is 11.3 Å². The number of benzene rings is 1. The lowest BCUT2D eigenvalue weighted by molar-refractivity contribution is -0.274. The zero-order chi connectivity index (χ0) is 16.4. The highest BCUT2D eigenvalue weighted by Crippen LogP contribution is 2.35. The molecule has 1 saturated heterocycles. The molecule has 1 fully saturated rings. The number of aliphatic hydroxyl groups is 1. The highest BCUT2D eigenvalue weighted by atomic mass is 19.4. The first-order valence-corrected chi connectivity index (χ1v) is 6.73. The maximum Gasteiger partial charge on any atom is 0.573 e. The Bertz CT molecular complexity index is 563. The molecule has 0 aliphatic carbocycles. The van der Waals surface area contributed by atoms with Crippen molar-refractivity contribution in [2.75, 3.05) is 13.1 Å². The summed E-state index contributed by atoms with van der Waals surface area (Å²) in [4.78, 5) is 13.0. The van der Waals surface area contributed by atoms with Crippen molar-refractivity contribution >= 4 is 5.91 Å². The van der Waals surface area contributed by atoms with E-state index in [-0.39, 0.29) is 24.5 Å². The Hall–Kier alpha value is -2.02. The lowest BCUT2D eigenvalue weighted by atomic mass is 9.84. The highest BCUT2D eigenvalue weighted by Gasteiger charge is 2.36. The molecule has 4 nitrogen and oxygen atoms in total. The standard InChI is InChI=1S/C15H16F3NO3/c1-2-13(20)19-8-6-14(21,7-9-19)11-4-3-5-12(10-11)22-15(16,17)18/h2-5,10,21H,1,6-9H2. The topological polar surface area (TPSA) is 49.8 Å². The second kappa shape index (κ2) is 6.00. The fraction of sp³-hybridized carbons (Fsp3) is 0.400. The van der Waals surface area contributed by atoms with Crippen molar-refractivity contribution in [1.29, 1.82) is 0 Å². The van der Waals surface area contributed by atoms with E-state index >= 15 is 0 Å². The van der Waals surface area contributed by atoms with E-state index in [1.807, 2.05) is 0 Å². The smallest absolute Gasteiger partial charge is 0.406 e. The maximum atomic E-state index is 12.3. The lowest BCUT2D eigenvalue weighted by Gasteiger charge is -2.38. The van der Waals surface area contributed by atoms with Crippen LogP contribution in [-0.2, 0) is 10.4 Å². The van der Waals surface area contributed by atoms with Gasteiger partial charge in [0.2, 0.25) is 5.91 Å². The van der Waals surface area contributed by atoms with Crippen LogP contribution < -0.4 is 4.74 Å². The predicted octanol–water partition coefficient (Wildman–Crippen LogP) is 2.58. The Labute approximate surface area is 125 Å². The van der Waals surface area contributed by atoms with Crippen molar-refractivity contribution in [3.63, 3.8) is 0 Å². The first kappa shape index (κ1) is 16.4. The summed E-state index contributed by atoms with van der Waals surface area (Å²) in [7, 11) is 0. The molecule has 1 aromatic rings. The number of ether oxygens (including phenoxy) is 1. The number of likely N-dealkylation sites (tertiary alicyclic amines) is 1. The molecule has 1 N–H and O–H groups in total. The summed E-state index contributed by atoms with van der Waals surface area (Å²) >= 11 is 0. The Kier molecular flexibility index (Phi) is 4.46. The van der Waals surface area contributed by atoms with E-state index in [0.717, 1.165) is 0 Å². The van der Waals surface area contributed by atoms with Crippen LogP contribution in [0.4, 0.5) is 13.2 Å². The van der Waals surface area contributed by atoms with Crippen LogP contribution in [0.5, 0.6) is 5.75 Å². The average molecular weight is 315 g/mol. The van der Waals surface area contributed by atoms with Gasteiger partial charge in [-0.05, 0) is 36.6 Å². The molecule has 0 unspecified atom stereocenters. The fourth-order valence-corrected chi connectivity index (χ4v) is 2.50. The van der Waals surface area contributed by atoms with Crippen LogP contribution >= 0.6 is 0 Å². The normalized spacial score (nSPS) is 17.9. The van der Waals surface area contributed by atoms with Crippen LogP contribution in [0.2, 0.25) is 0 Å². The van der Waals surface area contributed by atoms with Crippen LogP contribution in [0.3, 0.4) is 0 Å². The Balaban J connectivity index is 2.13. The zero-order valence-electron chi connectivity index (χ0n) is 11.8. The minimum Gasteiger partial charge on any atom is -0.406 e. The van der Waals surface area contributed by atoms with Crippen molar-refractivity contribution in [3.8, 4) is 5.75 Å². The Morgan fingerprint density at radius 2 is 2.00 bits per heavy atom. The molecule has 0 radical (unpaired) electrons. The number of rotatable bonds is 3. The van der Waals surface area contributed by atoms with Crippen molar-refractivity contribution in [2.45, 2.75) is 24.8 Å². The maximum absolute atomic E-state index is 12.3. The fourth-order valence-electron chi connectivity index (χ4n) is 2.50. The number of alkyl halides is 3. The van der Waals surface area contributed by atoms with Gasteiger partial charge in [-0.25, -0.2) is 0 Å². The van der Waals surface area contributed by atoms with Gasteiger partial charge in [-0.2, -0.15) is 0 Å². The number of halogens is 3. The average Bonchev–Trinajstić information content (AvgIpc) is 2.46. The monoisotopic (exact) mass is 315 g/mol. The third-order valence-corrected chi connectivity index (χ3v) is 3.68. The number of nitrogens with zero attached hydrogens (tertiary/aromatic N) is 1. The summed E-state index contributed by atoms with van der Waals surface area (Å²) in [5.74, 6) is -0.598.